The summed E-state index contributed by atoms with van der Waals surface area (Å²) in [4.78, 5) is 0. The van der Waals surface area contributed by atoms with Gasteiger partial charge in [0.05, 0.1) is 0 Å². The molecule has 0 radical (unpaired) electrons. The molecule has 4 heteroatoms. The highest BCUT2D eigenvalue weighted by atomic mass is 79.9. The number of rotatable bonds is 3. The van der Waals surface area contributed by atoms with E-state index in [4.69, 9.17) is 0 Å². The van der Waals surface area contributed by atoms with Crippen LogP contribution in [0, 0.1) is 0 Å². The average Bonchev–Trinajstić information content (AvgIpc) is 2.35. The Balaban J connectivity index is 1.46. The lowest BCUT2D eigenvalue weighted by atomic mass is 9.75. The lowest BCUT2D eigenvalue weighted by Crippen LogP contribution is -2.47. The summed E-state index contributed by atoms with van der Waals surface area (Å²) >= 11 is 3.54. The van der Waals surface area contributed by atoms with Crippen molar-refractivity contribution in [2.75, 3.05) is 11.5 Å². The van der Waals surface area contributed by atoms with Gasteiger partial charge in [-0.1, -0.05) is 28.1 Å². The van der Waals surface area contributed by atoms with E-state index < -0.39 is 10.8 Å². The lowest BCUT2D eigenvalue weighted by molar-refractivity contribution is 0.258. The van der Waals surface area contributed by atoms with Gasteiger partial charge < -0.3 is 5.32 Å². The Kier molecular flexibility index (Phi) is 4.40. The van der Waals surface area contributed by atoms with E-state index in [0.717, 1.165) is 24.3 Å². The molecule has 19 heavy (non-hydrogen) atoms. The molecule has 1 aromatic rings. The van der Waals surface area contributed by atoms with Crippen molar-refractivity contribution in [3.05, 3.63) is 34.3 Å². The first-order valence-corrected chi connectivity index (χ1v) is 9.35. The molecule has 2 fully saturated rings. The van der Waals surface area contributed by atoms with Crippen molar-refractivity contribution < 1.29 is 4.21 Å². The van der Waals surface area contributed by atoms with Crippen LogP contribution in [0.2, 0.25) is 0 Å². The van der Waals surface area contributed by atoms with Crippen molar-refractivity contribution in [3.63, 3.8) is 0 Å². The summed E-state index contributed by atoms with van der Waals surface area (Å²) in [5, 5.41) is 3.74. The maximum absolute atomic E-state index is 11.3. The first-order valence-electron chi connectivity index (χ1n) is 7.07. The van der Waals surface area contributed by atoms with E-state index in [1.807, 2.05) is 0 Å². The molecule has 0 atom stereocenters. The van der Waals surface area contributed by atoms with Crippen LogP contribution in [0.15, 0.2) is 28.7 Å². The predicted molar refractivity (Wildman–Crippen MR) is 83.9 cm³/mol. The molecule has 0 amide bonds. The molecule has 1 aliphatic carbocycles. The zero-order chi connectivity index (χ0) is 13.2. The monoisotopic (exact) mass is 341 g/mol. The van der Waals surface area contributed by atoms with Crippen molar-refractivity contribution >= 4 is 26.7 Å². The van der Waals surface area contributed by atoms with Crippen molar-refractivity contribution in [2.45, 2.75) is 43.7 Å². The number of hydrogen-bond acceptors (Lipinski definition) is 2. The van der Waals surface area contributed by atoms with E-state index in [1.54, 1.807) is 0 Å². The summed E-state index contributed by atoms with van der Waals surface area (Å²) in [6.07, 6.45) is 4.67. The lowest BCUT2D eigenvalue weighted by Gasteiger charge is -2.39. The summed E-state index contributed by atoms with van der Waals surface area (Å²) in [5.41, 5.74) is 1.46. The van der Waals surface area contributed by atoms with E-state index in [0.29, 0.717) is 18.0 Å². The van der Waals surface area contributed by atoms with Gasteiger partial charge in [-0.3, -0.25) is 4.21 Å². The molecule has 0 spiro atoms. The maximum atomic E-state index is 11.3. The molecule has 1 aromatic carbocycles. The summed E-state index contributed by atoms with van der Waals surface area (Å²) in [7, 11) is -0.544. The van der Waals surface area contributed by atoms with Gasteiger partial charge in [-0.15, -0.1) is 0 Å². The predicted octanol–water partition coefficient (Wildman–Crippen LogP) is 3.20. The SMILES string of the molecule is O=S1CCC(NC2CC(c3cccc(Br)c3)C2)CC1. The second kappa shape index (κ2) is 6.06. The average molecular weight is 342 g/mol. The van der Waals surface area contributed by atoms with Gasteiger partial charge in [0.25, 0.3) is 0 Å². The molecule has 2 aliphatic rings. The molecular weight excluding hydrogens is 322 g/mol. The highest BCUT2D eigenvalue weighted by Gasteiger charge is 2.32. The molecule has 2 nitrogen and oxygen atoms in total. The fourth-order valence-corrected chi connectivity index (χ4v) is 4.80. The second-order valence-electron chi connectivity index (χ2n) is 5.71. The van der Waals surface area contributed by atoms with Gasteiger partial charge in [0, 0.05) is 38.9 Å². The van der Waals surface area contributed by atoms with Crippen LogP contribution in [0.3, 0.4) is 0 Å². The van der Waals surface area contributed by atoms with E-state index in [1.165, 1.54) is 22.9 Å². The fraction of sp³-hybridized carbons (Fsp3) is 0.600. The van der Waals surface area contributed by atoms with Gasteiger partial charge in [0.15, 0.2) is 0 Å². The summed E-state index contributed by atoms with van der Waals surface area (Å²) in [5.74, 6) is 2.49. The maximum Gasteiger partial charge on any atom is 0.0249 e. The Morgan fingerprint density at radius 1 is 1.16 bits per heavy atom. The minimum atomic E-state index is -0.544. The van der Waals surface area contributed by atoms with Gasteiger partial charge in [-0.05, 0) is 49.3 Å². The zero-order valence-corrected chi connectivity index (χ0v) is 13.4. The molecule has 1 heterocycles. The van der Waals surface area contributed by atoms with Crippen molar-refractivity contribution in [3.8, 4) is 0 Å². The van der Waals surface area contributed by atoms with Crippen LogP contribution >= 0.6 is 15.9 Å². The van der Waals surface area contributed by atoms with Gasteiger partial charge in [-0.25, -0.2) is 0 Å². The molecule has 1 saturated carbocycles. The molecular formula is C15H20BrNOS. The van der Waals surface area contributed by atoms with Crippen LogP contribution in [-0.4, -0.2) is 27.8 Å². The van der Waals surface area contributed by atoms with E-state index in [9.17, 15) is 4.21 Å². The summed E-state index contributed by atoms with van der Waals surface area (Å²) < 4.78 is 12.5. The minimum Gasteiger partial charge on any atom is -0.311 e. The van der Waals surface area contributed by atoms with E-state index in [-0.39, 0.29) is 0 Å². The Bertz CT molecular complexity index is 463. The topological polar surface area (TPSA) is 29.1 Å². The van der Waals surface area contributed by atoms with Crippen LogP contribution in [-0.2, 0) is 10.8 Å². The fourth-order valence-electron chi connectivity index (χ4n) is 3.08. The number of hydrogen-bond donors (Lipinski definition) is 1. The molecule has 1 aliphatic heterocycles. The first kappa shape index (κ1) is 13.8. The Hall–Kier alpha value is -0.190. The van der Waals surface area contributed by atoms with E-state index >= 15 is 0 Å². The standard InChI is InChI=1S/C15H20BrNOS/c16-13-3-1-2-11(8-13)12-9-15(10-12)17-14-4-6-19(18)7-5-14/h1-3,8,12,14-15,17H,4-7,9-10H2. The number of nitrogens with one attached hydrogen (secondary N) is 1. The second-order valence-corrected chi connectivity index (χ2v) is 8.32. The summed E-state index contributed by atoms with van der Waals surface area (Å²) in [6, 6.07) is 9.95. The van der Waals surface area contributed by atoms with E-state index in [2.05, 4.69) is 45.5 Å². The van der Waals surface area contributed by atoms with Crippen LogP contribution in [0.5, 0.6) is 0 Å². The van der Waals surface area contributed by atoms with Crippen molar-refractivity contribution in [1.29, 1.82) is 0 Å². The minimum absolute atomic E-state index is 0.544. The highest BCUT2D eigenvalue weighted by molar-refractivity contribution is 9.10. The molecule has 0 bridgehead atoms. The number of halogens is 1. The molecule has 1 saturated heterocycles. The smallest absolute Gasteiger partial charge is 0.0249 e. The van der Waals surface area contributed by atoms with Gasteiger partial charge in [0.2, 0.25) is 0 Å². The largest absolute Gasteiger partial charge is 0.311 e. The molecule has 1 N–H and O–H groups in total. The first-order chi connectivity index (χ1) is 9.20. The quantitative estimate of drug-likeness (QED) is 0.914. The van der Waals surface area contributed by atoms with Gasteiger partial charge in [0.1, 0.15) is 0 Å². The van der Waals surface area contributed by atoms with Crippen LogP contribution in [0.25, 0.3) is 0 Å². The molecule has 104 valence electrons. The molecule has 3 rings (SSSR count). The third-order valence-electron chi connectivity index (χ3n) is 4.32. The molecule has 0 aromatic heterocycles. The van der Waals surface area contributed by atoms with Crippen molar-refractivity contribution in [1.82, 2.24) is 5.32 Å². The third kappa shape index (κ3) is 3.47. The Morgan fingerprint density at radius 3 is 2.58 bits per heavy atom. The normalized spacial score (nSPS) is 34.8. The molecule has 0 unspecified atom stereocenters. The summed E-state index contributed by atoms with van der Waals surface area (Å²) in [6.45, 7) is 0. The zero-order valence-electron chi connectivity index (χ0n) is 11.0. The third-order valence-corrected chi connectivity index (χ3v) is 6.19. The van der Waals surface area contributed by atoms with Gasteiger partial charge >= 0.3 is 0 Å². The van der Waals surface area contributed by atoms with Gasteiger partial charge in [-0.2, -0.15) is 0 Å². The van der Waals surface area contributed by atoms with Crippen LogP contribution in [0.1, 0.15) is 37.2 Å². The van der Waals surface area contributed by atoms with Crippen LogP contribution < -0.4 is 5.32 Å². The number of benzene rings is 1. The van der Waals surface area contributed by atoms with Crippen LogP contribution in [0.4, 0.5) is 0 Å². The Labute approximate surface area is 125 Å². The Morgan fingerprint density at radius 2 is 1.89 bits per heavy atom. The highest BCUT2D eigenvalue weighted by Crippen LogP contribution is 2.38. The van der Waals surface area contributed by atoms with Crippen molar-refractivity contribution in [2.24, 2.45) is 0 Å².